The molecular formula is C15H15BrN2O3S. The van der Waals surface area contributed by atoms with Gasteiger partial charge in [-0.3, -0.25) is 4.79 Å². The van der Waals surface area contributed by atoms with E-state index in [0.717, 1.165) is 22.5 Å². The van der Waals surface area contributed by atoms with E-state index < -0.39 is 5.97 Å². The summed E-state index contributed by atoms with van der Waals surface area (Å²) in [5.41, 5.74) is 8.78. The van der Waals surface area contributed by atoms with Crippen LogP contribution < -0.4 is 11.1 Å². The van der Waals surface area contributed by atoms with E-state index in [4.69, 9.17) is 5.73 Å². The Labute approximate surface area is 140 Å². The van der Waals surface area contributed by atoms with E-state index in [1.54, 1.807) is 0 Å². The molecular weight excluding hydrogens is 368 g/mol. The Morgan fingerprint density at radius 1 is 1.32 bits per heavy atom. The number of ether oxygens (including phenoxy) is 1. The third kappa shape index (κ3) is 3.15. The molecule has 1 amide bonds. The number of anilines is 2. The number of rotatable bonds is 3. The molecule has 5 nitrogen and oxygen atoms in total. The van der Waals surface area contributed by atoms with Gasteiger partial charge in [0, 0.05) is 5.69 Å². The van der Waals surface area contributed by atoms with Crippen LogP contribution in [0.5, 0.6) is 0 Å². The number of nitrogens with one attached hydrogen (secondary N) is 1. The van der Waals surface area contributed by atoms with Crippen LogP contribution in [0.4, 0.5) is 10.7 Å². The number of hydrogen-bond acceptors (Lipinski definition) is 5. The van der Waals surface area contributed by atoms with Gasteiger partial charge in [-0.25, -0.2) is 4.79 Å². The Kier molecular flexibility index (Phi) is 4.87. The smallest absolute Gasteiger partial charge is 0.342 e. The zero-order valence-electron chi connectivity index (χ0n) is 12.3. The van der Waals surface area contributed by atoms with Crippen LogP contribution in [0.15, 0.2) is 22.7 Å². The first-order chi connectivity index (χ1) is 10.3. The molecule has 0 unspecified atom stereocenters. The van der Waals surface area contributed by atoms with Crippen LogP contribution >= 0.6 is 27.3 Å². The van der Waals surface area contributed by atoms with Crippen molar-refractivity contribution >= 4 is 49.8 Å². The number of thiophene rings is 1. The molecule has 0 spiro atoms. The lowest BCUT2D eigenvalue weighted by Gasteiger charge is -2.08. The van der Waals surface area contributed by atoms with Crippen LogP contribution in [0.2, 0.25) is 0 Å². The van der Waals surface area contributed by atoms with Crippen LogP contribution in [0.25, 0.3) is 0 Å². The van der Waals surface area contributed by atoms with Crippen molar-refractivity contribution in [2.75, 3.05) is 18.2 Å². The topological polar surface area (TPSA) is 81.4 Å². The van der Waals surface area contributed by atoms with Gasteiger partial charge in [-0.05, 0) is 41.4 Å². The third-order valence-corrected chi connectivity index (χ3v) is 5.18. The number of aryl methyl sites for hydroxylation is 2. The Hall–Kier alpha value is -1.86. The summed E-state index contributed by atoms with van der Waals surface area (Å²) in [7, 11) is 1.27. The quantitative estimate of drug-likeness (QED) is 0.791. The summed E-state index contributed by atoms with van der Waals surface area (Å²) < 4.78 is 5.02. The first-order valence-electron chi connectivity index (χ1n) is 6.39. The second kappa shape index (κ2) is 6.50. The van der Waals surface area contributed by atoms with Gasteiger partial charge in [0.25, 0.3) is 5.91 Å². The minimum Gasteiger partial charge on any atom is -0.465 e. The summed E-state index contributed by atoms with van der Waals surface area (Å²) in [5, 5.41) is 3.07. The second-order valence-electron chi connectivity index (χ2n) is 4.75. The van der Waals surface area contributed by atoms with Crippen molar-refractivity contribution in [3.63, 3.8) is 0 Å². The minimum absolute atomic E-state index is 0.179. The lowest BCUT2D eigenvalue weighted by atomic mass is 10.1. The van der Waals surface area contributed by atoms with E-state index in [9.17, 15) is 9.59 Å². The average Bonchev–Trinajstić information content (AvgIpc) is 2.76. The number of amides is 1. The standard InChI is InChI=1S/C15H15BrN2O3S/c1-7-4-5-9(8(2)6-7)18-14(19)12-11(16)10(13(17)22-12)15(20)21-3/h4-6H,17H2,1-3H3,(H,18,19). The molecule has 3 N–H and O–H groups in total. The molecule has 0 saturated carbocycles. The molecule has 1 aromatic carbocycles. The first kappa shape index (κ1) is 16.5. The highest BCUT2D eigenvalue weighted by Gasteiger charge is 2.25. The third-order valence-electron chi connectivity index (χ3n) is 3.10. The fraction of sp³-hybridized carbons (Fsp3) is 0.200. The molecule has 0 aliphatic rings. The van der Waals surface area contributed by atoms with Crippen LogP contribution in [0, 0.1) is 13.8 Å². The van der Waals surface area contributed by atoms with Crippen molar-refractivity contribution in [3.8, 4) is 0 Å². The number of esters is 1. The van der Waals surface area contributed by atoms with Crippen molar-refractivity contribution in [2.45, 2.75) is 13.8 Å². The van der Waals surface area contributed by atoms with Crippen molar-refractivity contribution in [2.24, 2.45) is 0 Å². The molecule has 1 heterocycles. The van der Waals surface area contributed by atoms with Gasteiger partial charge in [0.15, 0.2) is 0 Å². The zero-order valence-corrected chi connectivity index (χ0v) is 14.7. The summed E-state index contributed by atoms with van der Waals surface area (Å²) in [6, 6.07) is 5.74. The average molecular weight is 383 g/mol. The predicted octanol–water partition coefficient (Wildman–Crippen LogP) is 3.75. The predicted molar refractivity (Wildman–Crippen MR) is 91.6 cm³/mol. The van der Waals surface area contributed by atoms with E-state index in [2.05, 4.69) is 26.0 Å². The first-order valence-corrected chi connectivity index (χ1v) is 8.00. The van der Waals surface area contributed by atoms with Gasteiger partial charge in [-0.2, -0.15) is 0 Å². The summed E-state index contributed by atoms with van der Waals surface area (Å²) in [4.78, 5) is 24.4. The second-order valence-corrected chi connectivity index (χ2v) is 6.59. The molecule has 0 aliphatic carbocycles. The van der Waals surface area contributed by atoms with Crippen LogP contribution in [-0.4, -0.2) is 19.0 Å². The molecule has 2 aromatic rings. The molecule has 0 radical (unpaired) electrons. The van der Waals surface area contributed by atoms with Gasteiger partial charge in [0.2, 0.25) is 0 Å². The number of nitrogen functional groups attached to an aromatic ring is 1. The normalized spacial score (nSPS) is 10.4. The van der Waals surface area contributed by atoms with E-state index in [-0.39, 0.29) is 16.5 Å². The minimum atomic E-state index is -0.578. The molecule has 0 saturated heterocycles. The van der Waals surface area contributed by atoms with Gasteiger partial charge >= 0.3 is 5.97 Å². The van der Waals surface area contributed by atoms with Gasteiger partial charge < -0.3 is 15.8 Å². The van der Waals surface area contributed by atoms with E-state index in [1.165, 1.54) is 7.11 Å². The van der Waals surface area contributed by atoms with Gasteiger partial charge in [-0.1, -0.05) is 17.7 Å². The summed E-state index contributed by atoms with van der Waals surface area (Å²) in [6.45, 7) is 3.90. The largest absolute Gasteiger partial charge is 0.465 e. The molecule has 0 bridgehead atoms. The van der Waals surface area contributed by atoms with Crippen molar-refractivity contribution in [3.05, 3.63) is 44.2 Å². The fourth-order valence-corrected chi connectivity index (χ4v) is 3.77. The van der Waals surface area contributed by atoms with Gasteiger partial charge in [0.1, 0.15) is 15.4 Å². The van der Waals surface area contributed by atoms with Crippen LogP contribution in [0.3, 0.4) is 0 Å². The van der Waals surface area contributed by atoms with Crippen LogP contribution in [0.1, 0.15) is 31.2 Å². The molecule has 7 heteroatoms. The monoisotopic (exact) mass is 382 g/mol. The highest BCUT2D eigenvalue weighted by Crippen LogP contribution is 2.36. The van der Waals surface area contributed by atoms with E-state index >= 15 is 0 Å². The zero-order chi connectivity index (χ0) is 16.4. The Balaban J connectivity index is 2.32. The Bertz CT molecular complexity index is 755. The lowest BCUT2D eigenvalue weighted by Crippen LogP contribution is -2.12. The summed E-state index contributed by atoms with van der Waals surface area (Å²) in [6.07, 6.45) is 0. The van der Waals surface area contributed by atoms with Crippen molar-refractivity contribution < 1.29 is 14.3 Å². The molecule has 22 heavy (non-hydrogen) atoms. The van der Waals surface area contributed by atoms with Crippen molar-refractivity contribution in [1.82, 2.24) is 0 Å². The number of halogens is 1. The number of nitrogens with two attached hydrogens (primary N) is 1. The molecule has 2 rings (SSSR count). The Morgan fingerprint density at radius 3 is 2.59 bits per heavy atom. The van der Waals surface area contributed by atoms with Crippen LogP contribution in [-0.2, 0) is 4.74 Å². The van der Waals surface area contributed by atoms with Crippen molar-refractivity contribution in [1.29, 1.82) is 0 Å². The maximum atomic E-state index is 12.4. The highest BCUT2D eigenvalue weighted by molar-refractivity contribution is 9.10. The number of methoxy groups -OCH3 is 1. The van der Waals surface area contributed by atoms with E-state index in [0.29, 0.717) is 15.0 Å². The molecule has 0 fully saturated rings. The number of carbonyl (C=O) groups is 2. The highest BCUT2D eigenvalue weighted by atomic mass is 79.9. The molecule has 116 valence electrons. The SMILES string of the molecule is COC(=O)c1c(N)sc(C(=O)Nc2ccc(C)cc2C)c1Br. The maximum absolute atomic E-state index is 12.4. The van der Waals surface area contributed by atoms with E-state index in [1.807, 2.05) is 32.0 Å². The summed E-state index contributed by atoms with van der Waals surface area (Å²) in [5.74, 6) is -0.906. The molecule has 0 aliphatic heterocycles. The fourth-order valence-electron chi connectivity index (χ4n) is 2.00. The van der Waals surface area contributed by atoms with Gasteiger partial charge in [0.05, 0.1) is 11.6 Å². The molecule has 0 atom stereocenters. The maximum Gasteiger partial charge on any atom is 0.342 e. The number of hydrogen-bond donors (Lipinski definition) is 2. The number of carbonyl (C=O) groups excluding carboxylic acids is 2. The van der Waals surface area contributed by atoms with Gasteiger partial charge in [-0.15, -0.1) is 11.3 Å². The molecule has 1 aromatic heterocycles. The number of benzene rings is 1. The summed E-state index contributed by atoms with van der Waals surface area (Å²) >= 11 is 4.30. The Morgan fingerprint density at radius 2 is 2.00 bits per heavy atom. The lowest BCUT2D eigenvalue weighted by molar-refractivity contribution is 0.0601.